The Balaban J connectivity index is 2.93. The maximum absolute atomic E-state index is 12.0. The Morgan fingerprint density at radius 3 is 2.12 bits per heavy atom. The van der Waals surface area contributed by atoms with E-state index < -0.39 is 0 Å². The van der Waals surface area contributed by atoms with Gasteiger partial charge in [-0.05, 0) is 49.9 Å². The van der Waals surface area contributed by atoms with Gasteiger partial charge in [0.15, 0.2) is 0 Å². The van der Waals surface area contributed by atoms with Crippen LogP contribution in [-0.4, -0.2) is 5.91 Å². The molecule has 1 amide bonds. The van der Waals surface area contributed by atoms with Crippen molar-refractivity contribution in [3.63, 3.8) is 0 Å². The first-order chi connectivity index (χ1) is 7.82. The van der Waals surface area contributed by atoms with Crippen molar-refractivity contribution in [1.82, 2.24) is 0 Å². The highest BCUT2D eigenvalue weighted by atomic mass is 79.9. The minimum Gasteiger partial charge on any atom is -0.399 e. The fourth-order valence-corrected chi connectivity index (χ4v) is 2.67. The summed E-state index contributed by atoms with van der Waals surface area (Å²) in [6.07, 6.45) is 0. The lowest BCUT2D eigenvalue weighted by atomic mass is 9.97. The van der Waals surface area contributed by atoms with Gasteiger partial charge in [0, 0.05) is 20.6 Å². The van der Waals surface area contributed by atoms with Crippen LogP contribution in [0.25, 0.3) is 0 Å². The highest BCUT2D eigenvalue weighted by Gasteiger charge is 2.18. The number of hydrogen-bond donors (Lipinski definition) is 2. The van der Waals surface area contributed by atoms with Crippen LogP contribution in [0.15, 0.2) is 21.1 Å². The number of nitrogens with two attached hydrogens (primary N) is 1. The van der Waals surface area contributed by atoms with Crippen LogP contribution in [0.1, 0.15) is 20.8 Å². The van der Waals surface area contributed by atoms with Gasteiger partial charge in [-0.15, -0.1) is 0 Å². The molecule has 5 heteroatoms. The van der Waals surface area contributed by atoms with E-state index in [4.69, 9.17) is 5.73 Å². The smallest absolute Gasteiger partial charge is 0.227 e. The Morgan fingerprint density at radius 1 is 1.24 bits per heavy atom. The number of rotatable bonds is 3. The molecule has 0 aliphatic carbocycles. The molecule has 0 spiro atoms. The van der Waals surface area contributed by atoms with Gasteiger partial charge in [0.05, 0.1) is 5.69 Å². The molecule has 0 aromatic heterocycles. The molecule has 0 fully saturated rings. The zero-order valence-electron chi connectivity index (χ0n) is 10.1. The van der Waals surface area contributed by atoms with Gasteiger partial charge in [-0.3, -0.25) is 4.79 Å². The molecule has 1 rings (SSSR count). The van der Waals surface area contributed by atoms with Crippen molar-refractivity contribution in [2.75, 3.05) is 11.1 Å². The summed E-state index contributed by atoms with van der Waals surface area (Å²) in [7, 11) is 0. The molecule has 0 radical (unpaired) electrons. The standard InChI is InChI=1S/C12H16Br2N2O/c1-6(2)7(3)12(17)16-11-9(13)4-8(15)5-10(11)14/h4-7H,15H2,1-3H3,(H,16,17). The largest absolute Gasteiger partial charge is 0.399 e. The van der Waals surface area contributed by atoms with Crippen molar-refractivity contribution in [2.24, 2.45) is 11.8 Å². The van der Waals surface area contributed by atoms with Crippen LogP contribution < -0.4 is 11.1 Å². The fraction of sp³-hybridized carbons (Fsp3) is 0.417. The number of carbonyl (C=O) groups is 1. The molecule has 94 valence electrons. The van der Waals surface area contributed by atoms with Gasteiger partial charge < -0.3 is 11.1 Å². The van der Waals surface area contributed by atoms with Crippen molar-refractivity contribution in [3.8, 4) is 0 Å². The predicted octanol–water partition coefficient (Wildman–Crippen LogP) is 4.02. The van der Waals surface area contributed by atoms with Crippen LogP contribution >= 0.6 is 31.9 Å². The molecule has 1 aromatic carbocycles. The van der Waals surface area contributed by atoms with Crippen molar-refractivity contribution < 1.29 is 4.79 Å². The topological polar surface area (TPSA) is 55.1 Å². The Kier molecular flexibility index (Phi) is 5.01. The maximum atomic E-state index is 12.0. The quantitative estimate of drug-likeness (QED) is 0.796. The van der Waals surface area contributed by atoms with Gasteiger partial charge in [0.2, 0.25) is 5.91 Å². The number of halogens is 2. The molecule has 1 atom stereocenters. The minimum atomic E-state index is -0.0358. The van der Waals surface area contributed by atoms with E-state index in [1.807, 2.05) is 20.8 Å². The lowest BCUT2D eigenvalue weighted by molar-refractivity contribution is -0.120. The summed E-state index contributed by atoms with van der Waals surface area (Å²) in [5.74, 6) is 0.277. The second-order valence-corrected chi connectivity index (χ2v) is 6.09. The van der Waals surface area contributed by atoms with Gasteiger partial charge in [-0.25, -0.2) is 0 Å². The van der Waals surface area contributed by atoms with Crippen molar-refractivity contribution in [3.05, 3.63) is 21.1 Å². The maximum Gasteiger partial charge on any atom is 0.227 e. The number of hydrogen-bond acceptors (Lipinski definition) is 2. The van der Waals surface area contributed by atoms with E-state index in [2.05, 4.69) is 37.2 Å². The minimum absolute atomic E-state index is 0.00571. The van der Waals surface area contributed by atoms with E-state index in [9.17, 15) is 4.79 Å². The van der Waals surface area contributed by atoms with Crippen molar-refractivity contribution >= 4 is 49.1 Å². The normalized spacial score (nSPS) is 12.6. The second-order valence-electron chi connectivity index (χ2n) is 4.38. The summed E-state index contributed by atoms with van der Waals surface area (Å²) < 4.78 is 1.54. The Bertz CT molecular complexity index is 410. The Morgan fingerprint density at radius 2 is 1.71 bits per heavy atom. The average Bonchev–Trinajstić information content (AvgIpc) is 2.21. The molecule has 0 saturated carbocycles. The first kappa shape index (κ1) is 14.5. The molecule has 0 bridgehead atoms. The summed E-state index contributed by atoms with van der Waals surface area (Å²) in [5.41, 5.74) is 7.05. The monoisotopic (exact) mass is 362 g/mol. The molecule has 0 aliphatic rings. The zero-order chi connectivity index (χ0) is 13.2. The van der Waals surface area contributed by atoms with Crippen molar-refractivity contribution in [2.45, 2.75) is 20.8 Å². The van der Waals surface area contributed by atoms with Crippen LogP contribution in [0.5, 0.6) is 0 Å². The Hall–Kier alpha value is -0.550. The number of nitrogen functional groups attached to an aromatic ring is 1. The van der Waals surface area contributed by atoms with E-state index >= 15 is 0 Å². The molecule has 3 nitrogen and oxygen atoms in total. The average molecular weight is 364 g/mol. The van der Waals surface area contributed by atoms with Gasteiger partial charge in [0.1, 0.15) is 0 Å². The van der Waals surface area contributed by atoms with E-state index in [1.165, 1.54) is 0 Å². The first-order valence-corrected chi connectivity index (χ1v) is 6.97. The van der Waals surface area contributed by atoms with Crippen LogP contribution in [0.4, 0.5) is 11.4 Å². The molecule has 0 saturated heterocycles. The number of carbonyl (C=O) groups excluding carboxylic acids is 1. The second kappa shape index (κ2) is 5.87. The fourth-order valence-electron chi connectivity index (χ4n) is 1.25. The SMILES string of the molecule is CC(C)C(C)C(=O)Nc1c(Br)cc(N)cc1Br. The van der Waals surface area contributed by atoms with Crippen LogP contribution in [0.3, 0.4) is 0 Å². The summed E-state index contributed by atoms with van der Waals surface area (Å²) in [5, 5.41) is 2.90. The van der Waals surface area contributed by atoms with Gasteiger partial charge >= 0.3 is 0 Å². The number of amides is 1. The highest BCUT2D eigenvalue weighted by Crippen LogP contribution is 2.33. The van der Waals surface area contributed by atoms with Crippen LogP contribution in [0.2, 0.25) is 0 Å². The van der Waals surface area contributed by atoms with Gasteiger partial charge in [-0.2, -0.15) is 0 Å². The van der Waals surface area contributed by atoms with Gasteiger partial charge in [-0.1, -0.05) is 20.8 Å². The Labute approximate surface area is 118 Å². The third-order valence-corrected chi connectivity index (χ3v) is 3.98. The molecule has 0 heterocycles. The molecule has 17 heavy (non-hydrogen) atoms. The molecule has 1 aromatic rings. The molecule has 1 unspecified atom stereocenters. The molecular weight excluding hydrogens is 348 g/mol. The molecule has 3 N–H and O–H groups in total. The highest BCUT2D eigenvalue weighted by molar-refractivity contribution is 9.11. The summed E-state index contributed by atoms with van der Waals surface area (Å²) in [6.45, 7) is 5.97. The lowest BCUT2D eigenvalue weighted by Gasteiger charge is -2.17. The lowest BCUT2D eigenvalue weighted by Crippen LogP contribution is -2.24. The zero-order valence-corrected chi connectivity index (χ0v) is 13.2. The predicted molar refractivity (Wildman–Crippen MR) is 78.9 cm³/mol. The van der Waals surface area contributed by atoms with E-state index in [0.717, 1.165) is 14.6 Å². The molecule has 0 aliphatic heterocycles. The van der Waals surface area contributed by atoms with Crippen LogP contribution in [-0.2, 0) is 4.79 Å². The van der Waals surface area contributed by atoms with Crippen LogP contribution in [0, 0.1) is 11.8 Å². The van der Waals surface area contributed by atoms with E-state index in [1.54, 1.807) is 12.1 Å². The van der Waals surface area contributed by atoms with Crippen molar-refractivity contribution in [1.29, 1.82) is 0 Å². The van der Waals surface area contributed by atoms with E-state index in [-0.39, 0.29) is 11.8 Å². The number of benzene rings is 1. The van der Waals surface area contributed by atoms with Gasteiger partial charge in [0.25, 0.3) is 0 Å². The third-order valence-electron chi connectivity index (χ3n) is 2.73. The summed E-state index contributed by atoms with van der Waals surface area (Å²) in [4.78, 5) is 12.0. The first-order valence-electron chi connectivity index (χ1n) is 5.38. The third kappa shape index (κ3) is 3.71. The summed E-state index contributed by atoms with van der Waals surface area (Å²) >= 11 is 6.78. The van der Waals surface area contributed by atoms with E-state index in [0.29, 0.717) is 11.6 Å². The molecular formula is C12H16Br2N2O. The number of anilines is 2. The summed E-state index contributed by atoms with van der Waals surface area (Å²) in [6, 6.07) is 3.53. The number of nitrogens with one attached hydrogen (secondary N) is 1.